The number of carboxylic acid groups (broad SMARTS) is 1. The first-order chi connectivity index (χ1) is 11.3. The highest BCUT2D eigenvalue weighted by molar-refractivity contribution is 5.87. The number of hydrogen-bond acceptors (Lipinski definition) is 4. The van der Waals surface area contributed by atoms with E-state index in [2.05, 4.69) is 4.90 Å². The highest BCUT2D eigenvalue weighted by Crippen LogP contribution is 2.17. The molecule has 1 fully saturated rings. The average Bonchev–Trinajstić information content (AvgIpc) is 2.52. The molecule has 1 N–H and O–H groups in total. The summed E-state index contributed by atoms with van der Waals surface area (Å²) in [6.45, 7) is 2.53. The molecule has 0 aliphatic carbocycles. The number of rotatable bonds is 7. The van der Waals surface area contributed by atoms with Crippen molar-refractivity contribution < 1.29 is 27.8 Å². The van der Waals surface area contributed by atoms with Crippen LogP contribution in [-0.4, -0.2) is 72.9 Å². The number of hydrogen-bond donors (Lipinski definition) is 1. The zero-order valence-corrected chi connectivity index (χ0v) is 13.3. The topological polar surface area (TPSA) is 53.0 Å². The van der Waals surface area contributed by atoms with Gasteiger partial charge >= 0.3 is 12.1 Å². The SMILES string of the molecule is O=C(O)c1ccc(OCCCN2CCN(CC(F)(F)F)CC2)cc1. The summed E-state index contributed by atoms with van der Waals surface area (Å²) in [5.74, 6) is -0.374. The number of ether oxygens (including phenoxy) is 1. The molecule has 0 aromatic heterocycles. The fourth-order valence-electron chi connectivity index (χ4n) is 2.60. The third kappa shape index (κ3) is 6.37. The lowest BCUT2D eigenvalue weighted by atomic mass is 10.2. The molecule has 2 rings (SSSR count). The lowest BCUT2D eigenvalue weighted by Crippen LogP contribution is -2.49. The lowest BCUT2D eigenvalue weighted by molar-refractivity contribution is -0.149. The van der Waals surface area contributed by atoms with E-state index in [1.54, 1.807) is 12.1 Å². The Morgan fingerprint density at radius 3 is 2.21 bits per heavy atom. The van der Waals surface area contributed by atoms with E-state index in [-0.39, 0.29) is 5.56 Å². The molecule has 0 bridgehead atoms. The number of carbonyl (C=O) groups is 1. The fraction of sp³-hybridized carbons (Fsp3) is 0.562. The lowest BCUT2D eigenvalue weighted by Gasteiger charge is -2.34. The van der Waals surface area contributed by atoms with Crippen molar-refractivity contribution in [3.63, 3.8) is 0 Å². The summed E-state index contributed by atoms with van der Waals surface area (Å²) in [5, 5.41) is 8.80. The zero-order valence-electron chi connectivity index (χ0n) is 13.3. The maximum Gasteiger partial charge on any atom is 0.401 e. The molecule has 0 radical (unpaired) electrons. The van der Waals surface area contributed by atoms with Crippen molar-refractivity contribution in [2.45, 2.75) is 12.6 Å². The highest BCUT2D eigenvalue weighted by atomic mass is 19.4. The standard InChI is InChI=1S/C16H21F3N2O3/c17-16(18,19)12-21-9-7-20(8-10-21)6-1-11-24-14-4-2-13(3-5-14)15(22)23/h2-5H,1,6-12H2,(H,22,23). The van der Waals surface area contributed by atoms with Gasteiger partial charge in [-0.25, -0.2) is 4.79 Å². The Morgan fingerprint density at radius 1 is 1.08 bits per heavy atom. The summed E-state index contributed by atoms with van der Waals surface area (Å²) < 4.78 is 42.5. The van der Waals surface area contributed by atoms with Crippen molar-refractivity contribution in [1.29, 1.82) is 0 Å². The van der Waals surface area contributed by atoms with Gasteiger partial charge in [-0.1, -0.05) is 0 Å². The second-order valence-corrected chi connectivity index (χ2v) is 5.76. The first-order valence-electron chi connectivity index (χ1n) is 7.81. The maximum absolute atomic E-state index is 12.3. The zero-order chi connectivity index (χ0) is 17.6. The van der Waals surface area contributed by atoms with E-state index >= 15 is 0 Å². The summed E-state index contributed by atoms with van der Waals surface area (Å²) in [5.41, 5.74) is 0.207. The molecule has 0 unspecified atom stereocenters. The van der Waals surface area contributed by atoms with Crippen LogP contribution in [-0.2, 0) is 0 Å². The maximum atomic E-state index is 12.3. The van der Waals surface area contributed by atoms with Gasteiger partial charge in [0.25, 0.3) is 0 Å². The molecule has 8 heteroatoms. The molecule has 1 saturated heterocycles. The number of nitrogens with zero attached hydrogens (tertiary/aromatic N) is 2. The van der Waals surface area contributed by atoms with Gasteiger partial charge in [0.15, 0.2) is 0 Å². The predicted octanol–water partition coefficient (Wildman–Crippen LogP) is 2.33. The van der Waals surface area contributed by atoms with Crippen LogP contribution in [0.1, 0.15) is 16.8 Å². The number of halogens is 3. The van der Waals surface area contributed by atoms with Gasteiger partial charge in [0.2, 0.25) is 0 Å². The monoisotopic (exact) mass is 346 g/mol. The van der Waals surface area contributed by atoms with Crippen molar-refractivity contribution in [2.24, 2.45) is 0 Å². The minimum Gasteiger partial charge on any atom is -0.494 e. The molecule has 5 nitrogen and oxygen atoms in total. The summed E-state index contributed by atoms with van der Waals surface area (Å²) in [4.78, 5) is 14.3. The summed E-state index contributed by atoms with van der Waals surface area (Å²) in [6, 6.07) is 6.19. The Bertz CT molecular complexity index is 526. The van der Waals surface area contributed by atoms with Crippen LogP contribution in [0.15, 0.2) is 24.3 Å². The van der Waals surface area contributed by atoms with Gasteiger partial charge in [0, 0.05) is 32.7 Å². The Labute approximate surface area is 138 Å². The van der Waals surface area contributed by atoms with Crippen LogP contribution >= 0.6 is 0 Å². The molecule has 1 heterocycles. The van der Waals surface area contributed by atoms with E-state index in [4.69, 9.17) is 9.84 Å². The average molecular weight is 346 g/mol. The first kappa shape index (κ1) is 18.5. The van der Waals surface area contributed by atoms with Crippen LogP contribution in [0.4, 0.5) is 13.2 Å². The van der Waals surface area contributed by atoms with E-state index in [9.17, 15) is 18.0 Å². The predicted molar refractivity (Wildman–Crippen MR) is 82.4 cm³/mol. The summed E-state index contributed by atoms with van der Waals surface area (Å²) >= 11 is 0. The van der Waals surface area contributed by atoms with Crippen molar-refractivity contribution >= 4 is 5.97 Å². The quantitative estimate of drug-likeness (QED) is 0.768. The van der Waals surface area contributed by atoms with Crippen LogP contribution in [0.5, 0.6) is 5.75 Å². The first-order valence-corrected chi connectivity index (χ1v) is 7.81. The van der Waals surface area contributed by atoms with E-state index in [1.807, 2.05) is 0 Å². The minimum absolute atomic E-state index is 0.207. The van der Waals surface area contributed by atoms with E-state index < -0.39 is 18.7 Å². The molecule has 0 saturated carbocycles. The molecule has 134 valence electrons. The molecule has 1 aliphatic rings. The molecular weight excluding hydrogens is 325 g/mol. The van der Waals surface area contributed by atoms with Gasteiger partial charge < -0.3 is 14.7 Å². The van der Waals surface area contributed by atoms with Crippen LogP contribution in [0, 0.1) is 0 Å². The number of carboxylic acids is 1. The highest BCUT2D eigenvalue weighted by Gasteiger charge is 2.31. The third-order valence-corrected chi connectivity index (χ3v) is 3.86. The molecular formula is C16H21F3N2O3. The molecule has 1 aliphatic heterocycles. The van der Waals surface area contributed by atoms with E-state index in [0.717, 1.165) is 13.0 Å². The number of aromatic carboxylic acids is 1. The van der Waals surface area contributed by atoms with Gasteiger partial charge in [-0.3, -0.25) is 4.90 Å². The normalized spacial score (nSPS) is 17.0. The third-order valence-electron chi connectivity index (χ3n) is 3.86. The Morgan fingerprint density at radius 2 is 1.67 bits per heavy atom. The second-order valence-electron chi connectivity index (χ2n) is 5.76. The van der Waals surface area contributed by atoms with Gasteiger partial charge in [-0.05, 0) is 30.7 Å². The largest absolute Gasteiger partial charge is 0.494 e. The molecule has 0 atom stereocenters. The smallest absolute Gasteiger partial charge is 0.401 e. The summed E-state index contributed by atoms with van der Waals surface area (Å²) in [7, 11) is 0. The van der Waals surface area contributed by atoms with Gasteiger partial charge in [-0.15, -0.1) is 0 Å². The van der Waals surface area contributed by atoms with Crippen LogP contribution in [0.2, 0.25) is 0 Å². The Hall–Kier alpha value is -1.80. The van der Waals surface area contributed by atoms with Crippen LogP contribution in [0.25, 0.3) is 0 Å². The van der Waals surface area contributed by atoms with Crippen molar-refractivity contribution in [3.8, 4) is 5.75 Å². The molecule has 0 amide bonds. The minimum atomic E-state index is -4.13. The number of benzene rings is 1. The molecule has 1 aromatic carbocycles. The van der Waals surface area contributed by atoms with Crippen molar-refractivity contribution in [3.05, 3.63) is 29.8 Å². The number of piperazine rings is 1. The van der Waals surface area contributed by atoms with Crippen LogP contribution in [0.3, 0.4) is 0 Å². The van der Waals surface area contributed by atoms with Gasteiger partial charge in [-0.2, -0.15) is 13.2 Å². The second kappa shape index (κ2) is 8.34. The van der Waals surface area contributed by atoms with E-state index in [0.29, 0.717) is 38.5 Å². The van der Waals surface area contributed by atoms with Gasteiger partial charge in [0.05, 0.1) is 18.7 Å². The summed E-state index contributed by atoms with van der Waals surface area (Å²) in [6.07, 6.45) is -3.37. The molecule has 1 aromatic rings. The van der Waals surface area contributed by atoms with Crippen LogP contribution < -0.4 is 4.74 Å². The molecule has 24 heavy (non-hydrogen) atoms. The van der Waals surface area contributed by atoms with Crippen molar-refractivity contribution in [2.75, 3.05) is 45.9 Å². The van der Waals surface area contributed by atoms with Gasteiger partial charge in [0.1, 0.15) is 5.75 Å². The van der Waals surface area contributed by atoms with E-state index in [1.165, 1.54) is 17.0 Å². The number of alkyl halides is 3. The fourth-order valence-corrected chi connectivity index (χ4v) is 2.60. The Kier molecular flexibility index (Phi) is 6.44. The molecule has 0 spiro atoms. The van der Waals surface area contributed by atoms with Crippen molar-refractivity contribution in [1.82, 2.24) is 9.80 Å². The Balaban J connectivity index is 1.61.